The van der Waals surface area contributed by atoms with E-state index in [0.717, 1.165) is 28.1 Å². The maximum atomic E-state index is 12.6. The van der Waals surface area contributed by atoms with Crippen LogP contribution in [0, 0.1) is 13.8 Å². The summed E-state index contributed by atoms with van der Waals surface area (Å²) < 4.78 is 7.44. The third-order valence-corrected chi connectivity index (χ3v) is 4.94. The quantitative estimate of drug-likeness (QED) is 0.672. The predicted molar refractivity (Wildman–Crippen MR) is 104 cm³/mol. The average Bonchev–Trinajstić information content (AvgIpc) is 3.22. The number of rotatable bonds is 6. The van der Waals surface area contributed by atoms with E-state index in [4.69, 9.17) is 4.74 Å². The molecule has 0 aliphatic heterocycles. The number of ether oxygens (including phenoxy) is 1. The van der Waals surface area contributed by atoms with Gasteiger partial charge in [0.1, 0.15) is 18.4 Å². The van der Waals surface area contributed by atoms with Crippen LogP contribution in [0.1, 0.15) is 29.7 Å². The molecule has 1 unspecified atom stereocenters. The van der Waals surface area contributed by atoms with Crippen molar-refractivity contribution in [1.29, 1.82) is 0 Å². The highest BCUT2D eigenvalue weighted by atomic mass is 16.5. The van der Waals surface area contributed by atoms with Crippen molar-refractivity contribution in [2.75, 3.05) is 13.7 Å². The Balaban J connectivity index is 1.63. The lowest BCUT2D eigenvalue weighted by Gasteiger charge is -2.25. The van der Waals surface area contributed by atoms with Gasteiger partial charge in [0.05, 0.1) is 11.7 Å². The topological polar surface area (TPSA) is 60.2 Å². The third-order valence-electron chi connectivity index (χ3n) is 4.94. The number of aryl methyl sites for hydroxylation is 1. The van der Waals surface area contributed by atoms with Gasteiger partial charge in [0.15, 0.2) is 6.61 Å². The summed E-state index contributed by atoms with van der Waals surface area (Å²) in [7, 11) is 1.80. The van der Waals surface area contributed by atoms with E-state index in [-0.39, 0.29) is 18.6 Å². The Kier molecular flexibility index (Phi) is 5.54. The molecule has 1 heterocycles. The number of nitrogens with zero attached hydrogens (tertiary/aromatic N) is 4. The summed E-state index contributed by atoms with van der Waals surface area (Å²) in [6, 6.07) is 13.7. The fourth-order valence-corrected chi connectivity index (χ4v) is 2.81. The summed E-state index contributed by atoms with van der Waals surface area (Å²) in [6.07, 6.45) is 3.15. The highest BCUT2D eigenvalue weighted by molar-refractivity contribution is 5.78. The van der Waals surface area contributed by atoms with Crippen LogP contribution in [0.15, 0.2) is 55.1 Å². The minimum atomic E-state index is -0.0660. The van der Waals surface area contributed by atoms with Crippen LogP contribution in [0.2, 0.25) is 0 Å². The number of aromatic nitrogens is 3. The molecule has 0 fully saturated rings. The summed E-state index contributed by atoms with van der Waals surface area (Å²) in [5, 5.41) is 4.12. The van der Waals surface area contributed by atoms with Gasteiger partial charge in [-0.05, 0) is 55.7 Å². The smallest absolute Gasteiger partial charge is 0.260 e. The van der Waals surface area contributed by atoms with Gasteiger partial charge in [-0.2, -0.15) is 5.10 Å². The molecule has 1 aromatic heterocycles. The van der Waals surface area contributed by atoms with Crippen LogP contribution in [0.25, 0.3) is 5.69 Å². The van der Waals surface area contributed by atoms with Crippen molar-refractivity contribution in [1.82, 2.24) is 19.7 Å². The minimum Gasteiger partial charge on any atom is -0.483 e. The first-order valence-corrected chi connectivity index (χ1v) is 8.87. The van der Waals surface area contributed by atoms with Gasteiger partial charge in [0.25, 0.3) is 5.91 Å². The Labute approximate surface area is 159 Å². The van der Waals surface area contributed by atoms with Crippen molar-refractivity contribution in [3.63, 3.8) is 0 Å². The summed E-state index contributed by atoms with van der Waals surface area (Å²) in [5.41, 5.74) is 4.18. The molecule has 0 radical (unpaired) electrons. The Bertz CT molecular complexity index is 904. The molecule has 6 nitrogen and oxygen atoms in total. The Morgan fingerprint density at radius 3 is 2.59 bits per heavy atom. The van der Waals surface area contributed by atoms with Crippen molar-refractivity contribution in [3.8, 4) is 11.4 Å². The van der Waals surface area contributed by atoms with Gasteiger partial charge in [-0.3, -0.25) is 4.79 Å². The minimum absolute atomic E-state index is 0.0160. The van der Waals surface area contributed by atoms with E-state index in [1.165, 1.54) is 6.33 Å². The molecule has 3 aromatic rings. The fourth-order valence-electron chi connectivity index (χ4n) is 2.81. The summed E-state index contributed by atoms with van der Waals surface area (Å²) in [6.45, 7) is 6.04. The number of likely N-dealkylation sites (N-methyl/N-ethyl adjacent to an activating group) is 1. The number of hydrogen-bond donors (Lipinski definition) is 0. The van der Waals surface area contributed by atoms with Gasteiger partial charge in [-0.25, -0.2) is 9.67 Å². The molecule has 1 atom stereocenters. The molecule has 0 aliphatic rings. The lowest BCUT2D eigenvalue weighted by molar-refractivity contribution is -0.134. The molecule has 2 aromatic carbocycles. The van der Waals surface area contributed by atoms with Gasteiger partial charge in [-0.1, -0.05) is 24.3 Å². The molecule has 0 aliphatic carbocycles. The Hall–Kier alpha value is -3.15. The summed E-state index contributed by atoms with van der Waals surface area (Å²) in [5.74, 6) is 0.686. The van der Waals surface area contributed by atoms with Gasteiger partial charge < -0.3 is 9.64 Å². The summed E-state index contributed by atoms with van der Waals surface area (Å²) >= 11 is 0. The predicted octanol–water partition coefficient (Wildman–Crippen LogP) is 3.48. The maximum absolute atomic E-state index is 12.6. The molecule has 6 heteroatoms. The maximum Gasteiger partial charge on any atom is 0.260 e. The van der Waals surface area contributed by atoms with E-state index in [1.807, 2.05) is 63.2 Å². The Morgan fingerprint density at radius 1 is 1.19 bits per heavy atom. The fraction of sp³-hybridized carbons (Fsp3) is 0.286. The van der Waals surface area contributed by atoms with E-state index < -0.39 is 0 Å². The molecule has 3 rings (SSSR count). The lowest BCUT2D eigenvalue weighted by Crippen LogP contribution is -2.33. The second-order valence-corrected chi connectivity index (χ2v) is 6.60. The molecule has 0 saturated carbocycles. The molecular formula is C21H24N4O2. The van der Waals surface area contributed by atoms with Crippen molar-refractivity contribution < 1.29 is 9.53 Å². The number of carbonyl (C=O) groups is 1. The first kappa shape index (κ1) is 18.6. The second kappa shape index (κ2) is 8.03. The van der Waals surface area contributed by atoms with Crippen LogP contribution in [0.5, 0.6) is 5.75 Å². The van der Waals surface area contributed by atoms with Crippen molar-refractivity contribution >= 4 is 5.91 Å². The molecule has 1 amide bonds. The first-order valence-electron chi connectivity index (χ1n) is 8.87. The van der Waals surface area contributed by atoms with Crippen LogP contribution >= 0.6 is 0 Å². The normalized spacial score (nSPS) is 11.9. The van der Waals surface area contributed by atoms with E-state index in [9.17, 15) is 4.79 Å². The average molecular weight is 364 g/mol. The van der Waals surface area contributed by atoms with Crippen LogP contribution in [0.4, 0.5) is 0 Å². The van der Waals surface area contributed by atoms with E-state index in [2.05, 4.69) is 10.1 Å². The van der Waals surface area contributed by atoms with Crippen LogP contribution in [0.3, 0.4) is 0 Å². The van der Waals surface area contributed by atoms with Gasteiger partial charge in [-0.15, -0.1) is 0 Å². The van der Waals surface area contributed by atoms with Crippen molar-refractivity contribution in [2.45, 2.75) is 26.8 Å². The van der Waals surface area contributed by atoms with Crippen molar-refractivity contribution in [2.24, 2.45) is 0 Å². The molecule has 140 valence electrons. The molecule has 0 N–H and O–H groups in total. The standard InChI is InChI=1S/C21H24N4O2/c1-15-6-5-7-20(16(15)2)27-12-21(26)24(4)17(3)18-8-10-19(11-9-18)25-14-22-13-23-25/h5-11,13-14,17H,12H2,1-4H3. The molecule has 0 bridgehead atoms. The largest absolute Gasteiger partial charge is 0.483 e. The monoisotopic (exact) mass is 364 g/mol. The number of hydrogen-bond acceptors (Lipinski definition) is 4. The first-order chi connectivity index (χ1) is 13.0. The van der Waals surface area contributed by atoms with Gasteiger partial charge in [0.2, 0.25) is 0 Å². The van der Waals surface area contributed by atoms with Crippen LogP contribution in [-0.2, 0) is 4.79 Å². The molecule has 27 heavy (non-hydrogen) atoms. The molecule has 0 saturated heterocycles. The molecule has 0 spiro atoms. The molecular weight excluding hydrogens is 340 g/mol. The van der Waals surface area contributed by atoms with E-state index in [0.29, 0.717) is 0 Å². The number of benzene rings is 2. The third kappa shape index (κ3) is 4.16. The Morgan fingerprint density at radius 2 is 1.93 bits per heavy atom. The zero-order chi connectivity index (χ0) is 19.4. The SMILES string of the molecule is Cc1cccc(OCC(=O)N(C)C(C)c2ccc(-n3cncn3)cc2)c1C. The van der Waals surface area contributed by atoms with Crippen molar-refractivity contribution in [3.05, 3.63) is 71.8 Å². The second-order valence-electron chi connectivity index (χ2n) is 6.60. The van der Waals surface area contributed by atoms with E-state index >= 15 is 0 Å². The van der Waals surface area contributed by atoms with Gasteiger partial charge in [0, 0.05) is 7.05 Å². The number of amides is 1. The highest BCUT2D eigenvalue weighted by Crippen LogP contribution is 2.22. The number of carbonyl (C=O) groups excluding carboxylic acids is 1. The van der Waals surface area contributed by atoms with Crippen LogP contribution in [-0.4, -0.2) is 39.2 Å². The van der Waals surface area contributed by atoms with Crippen LogP contribution < -0.4 is 4.74 Å². The van der Waals surface area contributed by atoms with Gasteiger partial charge >= 0.3 is 0 Å². The summed E-state index contributed by atoms with van der Waals surface area (Å²) in [4.78, 5) is 18.2. The lowest BCUT2D eigenvalue weighted by atomic mass is 10.1. The zero-order valence-corrected chi connectivity index (χ0v) is 16.1. The van der Waals surface area contributed by atoms with E-state index in [1.54, 1.807) is 23.0 Å². The zero-order valence-electron chi connectivity index (χ0n) is 16.1. The highest BCUT2D eigenvalue weighted by Gasteiger charge is 2.18.